The molecule has 1 saturated heterocycles. The van der Waals surface area contributed by atoms with Crippen LogP contribution in [0.15, 0.2) is 23.8 Å². The number of nitrogens with zero attached hydrogens (tertiary/aromatic N) is 3. The molecule has 4 rings (SSSR count). The average Bonchev–Trinajstić information content (AvgIpc) is 3.24. The van der Waals surface area contributed by atoms with Gasteiger partial charge >= 0.3 is 0 Å². The minimum atomic E-state index is -0.0696. The Labute approximate surface area is 146 Å². The summed E-state index contributed by atoms with van der Waals surface area (Å²) >= 11 is 1.78. The van der Waals surface area contributed by atoms with Crippen LogP contribution in [0.1, 0.15) is 47.4 Å². The summed E-state index contributed by atoms with van der Waals surface area (Å²) in [6.45, 7) is 4.37. The molecule has 0 unspecified atom stereocenters. The van der Waals surface area contributed by atoms with Crippen molar-refractivity contribution in [3.8, 4) is 0 Å². The van der Waals surface area contributed by atoms with Crippen LogP contribution in [0.4, 0.5) is 0 Å². The van der Waals surface area contributed by atoms with Crippen molar-refractivity contribution in [1.82, 2.24) is 14.7 Å². The lowest BCUT2D eigenvalue weighted by Gasteiger charge is -2.34. The first-order valence-electron chi connectivity index (χ1n) is 8.67. The summed E-state index contributed by atoms with van der Waals surface area (Å²) in [5.41, 5.74) is 2.38. The summed E-state index contributed by atoms with van der Waals surface area (Å²) in [6.07, 6.45) is 7.43. The van der Waals surface area contributed by atoms with Gasteiger partial charge < -0.3 is 9.64 Å². The summed E-state index contributed by atoms with van der Waals surface area (Å²) in [4.78, 5) is 16.2. The Bertz CT molecular complexity index is 723. The minimum Gasteiger partial charge on any atom is -0.373 e. The highest BCUT2D eigenvalue weighted by molar-refractivity contribution is 7.10. The molecule has 128 valence electrons. The third-order valence-corrected chi connectivity index (χ3v) is 5.99. The van der Waals surface area contributed by atoms with Gasteiger partial charge in [0, 0.05) is 30.6 Å². The first kappa shape index (κ1) is 15.8. The molecule has 2 aliphatic rings. The number of thiophene rings is 1. The molecule has 2 atom stereocenters. The van der Waals surface area contributed by atoms with Crippen LogP contribution in [0.5, 0.6) is 0 Å². The highest BCUT2D eigenvalue weighted by Crippen LogP contribution is 2.34. The van der Waals surface area contributed by atoms with E-state index < -0.39 is 0 Å². The van der Waals surface area contributed by atoms with E-state index in [4.69, 9.17) is 4.74 Å². The van der Waals surface area contributed by atoms with E-state index in [1.54, 1.807) is 11.3 Å². The molecule has 0 radical (unpaired) electrons. The van der Waals surface area contributed by atoms with Gasteiger partial charge in [0.25, 0.3) is 0 Å². The van der Waals surface area contributed by atoms with E-state index in [9.17, 15) is 4.79 Å². The van der Waals surface area contributed by atoms with Gasteiger partial charge in [0.2, 0.25) is 5.91 Å². The third kappa shape index (κ3) is 3.13. The van der Waals surface area contributed by atoms with Crippen molar-refractivity contribution >= 4 is 17.2 Å². The molecular weight excluding hydrogens is 322 g/mol. The Balaban J connectivity index is 1.42. The normalized spacial score (nSPS) is 24.0. The quantitative estimate of drug-likeness (QED) is 0.859. The molecule has 0 spiro atoms. The van der Waals surface area contributed by atoms with E-state index in [0.29, 0.717) is 12.5 Å². The molecule has 0 aliphatic carbocycles. The SMILES string of the molecule is Cc1cnn([C@@H]2CCCN(C(=O)C[C@H]3OCCc4sccc43)C2)c1. The maximum Gasteiger partial charge on any atom is 0.225 e. The Morgan fingerprint density at radius 1 is 1.50 bits per heavy atom. The molecule has 4 heterocycles. The number of aryl methyl sites for hydroxylation is 1. The fourth-order valence-electron chi connectivity index (χ4n) is 3.71. The van der Waals surface area contributed by atoms with Gasteiger partial charge in [-0.1, -0.05) is 0 Å². The molecule has 1 fully saturated rings. The van der Waals surface area contributed by atoms with E-state index >= 15 is 0 Å². The molecule has 2 aromatic rings. The lowest BCUT2D eigenvalue weighted by Crippen LogP contribution is -2.41. The maximum absolute atomic E-state index is 12.8. The second-order valence-corrected chi connectivity index (χ2v) is 7.75. The summed E-state index contributed by atoms with van der Waals surface area (Å²) < 4.78 is 7.90. The number of fused-ring (bicyclic) bond motifs is 1. The fourth-order valence-corrected chi connectivity index (χ4v) is 4.63. The summed E-state index contributed by atoms with van der Waals surface area (Å²) in [7, 11) is 0. The van der Waals surface area contributed by atoms with Crippen LogP contribution in [0, 0.1) is 6.92 Å². The fraction of sp³-hybridized carbons (Fsp3) is 0.556. The van der Waals surface area contributed by atoms with Crippen LogP contribution in [-0.2, 0) is 16.0 Å². The molecule has 24 heavy (non-hydrogen) atoms. The molecule has 0 saturated carbocycles. The highest BCUT2D eigenvalue weighted by Gasteiger charge is 2.29. The Morgan fingerprint density at radius 3 is 3.25 bits per heavy atom. The van der Waals surface area contributed by atoms with Crippen LogP contribution in [-0.4, -0.2) is 40.3 Å². The minimum absolute atomic E-state index is 0.0696. The Morgan fingerprint density at radius 2 is 2.42 bits per heavy atom. The molecule has 0 aromatic carbocycles. The molecular formula is C18H23N3O2S. The monoisotopic (exact) mass is 345 g/mol. The molecule has 2 aromatic heterocycles. The van der Waals surface area contributed by atoms with E-state index in [1.807, 2.05) is 22.7 Å². The van der Waals surface area contributed by atoms with Gasteiger partial charge in [0.15, 0.2) is 0 Å². The second-order valence-electron chi connectivity index (χ2n) is 6.75. The van der Waals surface area contributed by atoms with Gasteiger partial charge in [0.1, 0.15) is 0 Å². The van der Waals surface area contributed by atoms with Crippen molar-refractivity contribution in [3.05, 3.63) is 39.8 Å². The van der Waals surface area contributed by atoms with Crippen LogP contribution in [0.25, 0.3) is 0 Å². The Hall–Kier alpha value is -1.66. The summed E-state index contributed by atoms with van der Waals surface area (Å²) in [5, 5.41) is 6.53. The maximum atomic E-state index is 12.8. The lowest BCUT2D eigenvalue weighted by molar-refractivity contribution is -0.136. The number of hydrogen-bond acceptors (Lipinski definition) is 4. The molecule has 5 nitrogen and oxygen atoms in total. The lowest BCUT2D eigenvalue weighted by atomic mass is 10.0. The first-order chi connectivity index (χ1) is 11.7. The smallest absolute Gasteiger partial charge is 0.225 e. The molecule has 0 bridgehead atoms. The van der Waals surface area contributed by atoms with Crippen molar-refractivity contribution < 1.29 is 9.53 Å². The van der Waals surface area contributed by atoms with Gasteiger partial charge in [-0.15, -0.1) is 11.3 Å². The average molecular weight is 345 g/mol. The number of hydrogen-bond donors (Lipinski definition) is 0. The predicted octanol–water partition coefficient (Wildman–Crippen LogP) is 3.12. The van der Waals surface area contributed by atoms with Gasteiger partial charge in [-0.25, -0.2) is 0 Å². The van der Waals surface area contributed by atoms with Crippen molar-refractivity contribution in [2.75, 3.05) is 19.7 Å². The second kappa shape index (κ2) is 6.69. The number of likely N-dealkylation sites (tertiary alicyclic amines) is 1. The van der Waals surface area contributed by atoms with Gasteiger partial charge in [-0.05, 0) is 42.3 Å². The number of carbonyl (C=O) groups is 1. The number of ether oxygens (including phenoxy) is 1. The van der Waals surface area contributed by atoms with Crippen molar-refractivity contribution in [2.24, 2.45) is 0 Å². The van der Waals surface area contributed by atoms with Crippen molar-refractivity contribution in [2.45, 2.75) is 44.8 Å². The number of piperidine rings is 1. The molecule has 0 N–H and O–H groups in total. The van der Waals surface area contributed by atoms with Crippen molar-refractivity contribution in [3.63, 3.8) is 0 Å². The van der Waals surface area contributed by atoms with Crippen LogP contribution in [0.3, 0.4) is 0 Å². The number of aromatic nitrogens is 2. The van der Waals surface area contributed by atoms with Crippen LogP contribution < -0.4 is 0 Å². The van der Waals surface area contributed by atoms with Gasteiger partial charge in [-0.2, -0.15) is 5.10 Å². The molecule has 1 amide bonds. The summed E-state index contributed by atoms with van der Waals surface area (Å²) in [5.74, 6) is 0.202. The van der Waals surface area contributed by atoms with Crippen LogP contribution >= 0.6 is 11.3 Å². The largest absolute Gasteiger partial charge is 0.373 e. The standard InChI is InChI=1S/C18H23N3O2S/c1-13-10-19-21(11-13)14-3-2-6-20(12-14)18(22)9-16-15-5-8-24-17(15)4-7-23-16/h5,8,10-11,14,16H,2-4,6-7,9,12H2,1H3/t14-,16-/m1/s1. The Kier molecular flexibility index (Phi) is 4.41. The zero-order valence-corrected chi connectivity index (χ0v) is 14.8. The number of carbonyl (C=O) groups excluding carboxylic acids is 1. The van der Waals surface area contributed by atoms with E-state index in [1.165, 1.54) is 16.0 Å². The van der Waals surface area contributed by atoms with E-state index in [2.05, 4.69) is 22.7 Å². The topological polar surface area (TPSA) is 47.4 Å². The highest BCUT2D eigenvalue weighted by atomic mass is 32.1. The third-order valence-electron chi connectivity index (χ3n) is 4.99. The number of rotatable bonds is 3. The van der Waals surface area contributed by atoms with E-state index in [-0.39, 0.29) is 12.0 Å². The van der Waals surface area contributed by atoms with Crippen molar-refractivity contribution in [1.29, 1.82) is 0 Å². The first-order valence-corrected chi connectivity index (χ1v) is 9.55. The molecule has 6 heteroatoms. The van der Waals surface area contributed by atoms with Gasteiger partial charge in [-0.3, -0.25) is 9.48 Å². The zero-order chi connectivity index (χ0) is 16.5. The number of amides is 1. The molecule has 2 aliphatic heterocycles. The summed E-state index contributed by atoms with van der Waals surface area (Å²) in [6, 6.07) is 2.41. The van der Waals surface area contributed by atoms with Crippen LogP contribution in [0.2, 0.25) is 0 Å². The zero-order valence-electron chi connectivity index (χ0n) is 14.0. The van der Waals surface area contributed by atoms with E-state index in [0.717, 1.165) is 39.0 Å². The van der Waals surface area contributed by atoms with Gasteiger partial charge in [0.05, 0.1) is 31.4 Å². The predicted molar refractivity (Wildman–Crippen MR) is 93.1 cm³/mol.